The number of hydrogen-bond acceptors (Lipinski definition) is 10. The van der Waals surface area contributed by atoms with E-state index in [-0.39, 0.29) is 42.2 Å². The van der Waals surface area contributed by atoms with Gasteiger partial charge in [-0.25, -0.2) is 18.0 Å². The molecule has 0 bridgehead atoms. The van der Waals surface area contributed by atoms with E-state index in [4.69, 9.17) is 4.74 Å². The highest BCUT2D eigenvalue weighted by molar-refractivity contribution is 8.71. The Balaban J connectivity index is 1.51. The first-order chi connectivity index (χ1) is 22.1. The van der Waals surface area contributed by atoms with Gasteiger partial charge in [0.25, 0.3) is 0 Å². The molecule has 4 atom stereocenters. The van der Waals surface area contributed by atoms with E-state index in [9.17, 15) is 32.4 Å². The molecule has 0 radical (unpaired) electrons. The molecule has 17 heteroatoms. The molecule has 14 nitrogen and oxygen atoms in total. The maximum Gasteiger partial charge on any atom is 0.408 e. The quantitative estimate of drug-likeness (QED) is 0.0548. The number of ether oxygens (including phenoxy) is 1. The van der Waals surface area contributed by atoms with Crippen molar-refractivity contribution in [2.24, 2.45) is 0 Å². The predicted molar refractivity (Wildman–Crippen MR) is 186 cm³/mol. The topological polar surface area (TPSA) is 201 Å². The highest BCUT2D eigenvalue weighted by Crippen LogP contribution is 2.33. The number of thioether (sulfide) groups is 1. The molecule has 0 aromatic carbocycles. The van der Waals surface area contributed by atoms with Gasteiger partial charge >= 0.3 is 12.1 Å². The summed E-state index contributed by atoms with van der Waals surface area (Å²) in [6, 6.07) is -0.515. The number of alkyl carbamates (subject to hydrolysis) is 1. The van der Waals surface area contributed by atoms with Crippen LogP contribution in [-0.2, 0) is 28.0 Å². The Morgan fingerprint density at radius 2 is 1.55 bits per heavy atom. The van der Waals surface area contributed by atoms with Gasteiger partial charge in [0.15, 0.2) is 8.87 Å². The van der Waals surface area contributed by atoms with Crippen molar-refractivity contribution in [2.45, 2.75) is 120 Å². The third-order valence-electron chi connectivity index (χ3n) is 7.43. The Bertz CT molecular complexity index is 1150. The smallest absolute Gasteiger partial charge is 0.408 e. The van der Waals surface area contributed by atoms with Gasteiger partial charge in [0.05, 0.1) is 12.1 Å². The van der Waals surface area contributed by atoms with Gasteiger partial charge in [0, 0.05) is 55.5 Å². The van der Waals surface area contributed by atoms with Crippen LogP contribution in [0.1, 0.15) is 91.4 Å². The Labute approximate surface area is 287 Å². The molecule has 2 fully saturated rings. The normalized spacial score (nSPS) is 19.6. The maximum absolute atomic E-state index is 12.7. The standard InChI is InChI=1S/C30H54N6O8S3/c1-30(2,3)44-29(41)35-21(27(39)33-18-19-46-47(4,42)43)12-9-11-17-32-24(37)14-6-5-10-16-31-25(38)15-8-7-13-23-26-22(20-45-23)34-28(40)36-26/h21-23,26H,5-20H2,1-4H3,(H,31,38)(H,32,37)(H,33,39)(H,35,41)(H2,34,36,40)/t21-,22?,23-,26?/m0/s1. The molecule has 0 aromatic heterocycles. The van der Waals surface area contributed by atoms with Crippen molar-refractivity contribution in [3.63, 3.8) is 0 Å². The molecular weight excluding hydrogens is 669 g/mol. The first kappa shape index (κ1) is 40.8. The molecule has 0 aromatic rings. The van der Waals surface area contributed by atoms with Crippen LogP contribution in [0.3, 0.4) is 0 Å². The first-order valence-electron chi connectivity index (χ1n) is 16.5. The van der Waals surface area contributed by atoms with E-state index in [2.05, 4.69) is 31.9 Å². The lowest BCUT2D eigenvalue weighted by atomic mass is 10.0. The lowest BCUT2D eigenvalue weighted by Crippen LogP contribution is -2.48. The average Bonchev–Trinajstić information content (AvgIpc) is 3.51. The summed E-state index contributed by atoms with van der Waals surface area (Å²) >= 11 is 1.88. The summed E-state index contributed by atoms with van der Waals surface area (Å²) in [5.74, 6) is 0.684. The van der Waals surface area contributed by atoms with Crippen molar-refractivity contribution in [2.75, 3.05) is 37.4 Å². The molecule has 2 saturated heterocycles. The van der Waals surface area contributed by atoms with E-state index >= 15 is 0 Å². The summed E-state index contributed by atoms with van der Waals surface area (Å²) in [5, 5.41) is 17.4. The fourth-order valence-electron chi connectivity index (χ4n) is 5.18. The van der Waals surface area contributed by atoms with Gasteiger partial charge in [-0.05, 0) is 76.5 Å². The minimum Gasteiger partial charge on any atom is -0.444 e. The number of carbonyl (C=O) groups is 5. The molecular formula is C30H54N6O8S3. The van der Waals surface area contributed by atoms with Gasteiger partial charge in [-0.15, -0.1) is 0 Å². The number of rotatable bonds is 22. The highest BCUT2D eigenvalue weighted by Gasteiger charge is 2.42. The van der Waals surface area contributed by atoms with Crippen LogP contribution in [0.2, 0.25) is 0 Å². The Hall–Kier alpha value is -2.40. The first-order valence-corrected chi connectivity index (χ1v) is 20.9. The van der Waals surface area contributed by atoms with Crippen LogP contribution >= 0.6 is 22.6 Å². The zero-order chi connectivity index (χ0) is 34.9. The summed E-state index contributed by atoms with van der Waals surface area (Å²) in [6.45, 7) is 6.31. The molecule has 2 heterocycles. The third kappa shape index (κ3) is 18.7. The Kier molecular flexibility index (Phi) is 18.1. The number of fused-ring (bicyclic) bond motifs is 1. The van der Waals surface area contributed by atoms with E-state index in [1.54, 1.807) is 20.8 Å². The predicted octanol–water partition coefficient (Wildman–Crippen LogP) is 2.38. The second-order valence-electron chi connectivity index (χ2n) is 12.9. The lowest BCUT2D eigenvalue weighted by molar-refractivity contribution is -0.123. The van der Waals surface area contributed by atoms with Crippen molar-refractivity contribution in [1.29, 1.82) is 0 Å². The molecule has 2 unspecified atom stereocenters. The fraction of sp³-hybridized carbons (Fsp3) is 0.833. The van der Waals surface area contributed by atoms with Crippen LogP contribution < -0.4 is 31.9 Å². The molecule has 47 heavy (non-hydrogen) atoms. The SMILES string of the molecule is CC(C)(C)OC(=O)N[C@@H](CCCCNC(=O)CCCCCNC(=O)CCCC[C@@H]1SCC2NC(=O)NC21)C(=O)NCCSS(C)(=O)=O. The summed E-state index contributed by atoms with van der Waals surface area (Å²) in [6.07, 6.45) is 7.85. The molecule has 0 aliphatic carbocycles. The summed E-state index contributed by atoms with van der Waals surface area (Å²) in [4.78, 5) is 60.8. The lowest BCUT2D eigenvalue weighted by Gasteiger charge is -2.23. The second-order valence-corrected chi connectivity index (χ2v) is 18.7. The average molecular weight is 723 g/mol. The Morgan fingerprint density at radius 3 is 2.19 bits per heavy atom. The minimum atomic E-state index is -3.22. The number of unbranched alkanes of at least 4 members (excludes halogenated alkanes) is 4. The second kappa shape index (κ2) is 20.9. The largest absolute Gasteiger partial charge is 0.444 e. The summed E-state index contributed by atoms with van der Waals surface area (Å²) in [5.41, 5.74) is -0.731. The molecule has 270 valence electrons. The molecule has 6 N–H and O–H groups in total. The van der Waals surface area contributed by atoms with Crippen molar-refractivity contribution in [3.05, 3.63) is 0 Å². The van der Waals surface area contributed by atoms with Crippen LogP contribution in [0.15, 0.2) is 0 Å². The molecule has 6 amide bonds. The maximum atomic E-state index is 12.7. The number of carbonyl (C=O) groups excluding carboxylic acids is 5. The molecule has 2 aliphatic heterocycles. The van der Waals surface area contributed by atoms with Gasteiger partial charge in [-0.3, -0.25) is 14.4 Å². The molecule has 0 saturated carbocycles. The van der Waals surface area contributed by atoms with Crippen molar-refractivity contribution < 1.29 is 37.1 Å². The van der Waals surface area contributed by atoms with Gasteiger partial charge in [-0.2, -0.15) is 11.8 Å². The van der Waals surface area contributed by atoms with Gasteiger partial charge in [0.1, 0.15) is 11.6 Å². The van der Waals surface area contributed by atoms with E-state index in [1.807, 2.05) is 11.8 Å². The number of nitrogens with one attached hydrogen (secondary N) is 6. The zero-order valence-corrected chi connectivity index (χ0v) is 30.6. The summed E-state index contributed by atoms with van der Waals surface area (Å²) in [7, 11) is -2.48. The van der Waals surface area contributed by atoms with E-state index < -0.39 is 32.5 Å². The molecule has 0 spiro atoms. The van der Waals surface area contributed by atoms with Crippen LogP contribution in [0, 0.1) is 0 Å². The fourth-order valence-corrected chi connectivity index (χ4v) is 8.37. The third-order valence-corrected chi connectivity index (χ3v) is 11.5. The van der Waals surface area contributed by atoms with E-state index in [0.29, 0.717) is 56.9 Å². The van der Waals surface area contributed by atoms with Gasteiger partial charge in [-0.1, -0.05) is 12.8 Å². The minimum absolute atomic E-state index is 0.0440. The Morgan fingerprint density at radius 1 is 0.915 bits per heavy atom. The summed E-state index contributed by atoms with van der Waals surface area (Å²) < 4.78 is 27.8. The highest BCUT2D eigenvalue weighted by atomic mass is 33.1. The number of hydrogen-bond donors (Lipinski definition) is 6. The van der Waals surface area contributed by atoms with Crippen LogP contribution in [0.5, 0.6) is 0 Å². The van der Waals surface area contributed by atoms with E-state index in [0.717, 1.165) is 54.9 Å². The van der Waals surface area contributed by atoms with Gasteiger partial charge < -0.3 is 36.6 Å². The van der Waals surface area contributed by atoms with Crippen molar-refractivity contribution in [3.8, 4) is 0 Å². The monoisotopic (exact) mass is 722 g/mol. The van der Waals surface area contributed by atoms with E-state index in [1.165, 1.54) is 0 Å². The molecule has 2 rings (SSSR count). The number of amides is 6. The van der Waals surface area contributed by atoms with Crippen LogP contribution in [0.25, 0.3) is 0 Å². The molecule has 2 aliphatic rings. The van der Waals surface area contributed by atoms with Gasteiger partial charge in [0.2, 0.25) is 17.7 Å². The van der Waals surface area contributed by atoms with Crippen molar-refractivity contribution >= 4 is 61.3 Å². The van der Waals surface area contributed by atoms with Crippen LogP contribution in [-0.4, -0.2) is 105 Å². The number of urea groups is 1. The zero-order valence-electron chi connectivity index (χ0n) is 28.1. The van der Waals surface area contributed by atoms with Crippen molar-refractivity contribution in [1.82, 2.24) is 31.9 Å². The van der Waals surface area contributed by atoms with Crippen LogP contribution in [0.4, 0.5) is 9.59 Å².